The summed E-state index contributed by atoms with van der Waals surface area (Å²) >= 11 is 1.20. The van der Waals surface area contributed by atoms with Crippen LogP contribution in [0.5, 0.6) is 17.2 Å². The van der Waals surface area contributed by atoms with Crippen LogP contribution in [0.3, 0.4) is 0 Å². The third-order valence-electron chi connectivity index (χ3n) is 5.86. The molecule has 0 amide bonds. The minimum absolute atomic E-state index is 0.172. The Hall–Kier alpha value is -4.38. The number of esters is 1. The zero-order valence-corrected chi connectivity index (χ0v) is 22.7. The molecule has 3 aromatic rings. The molecule has 1 aliphatic rings. The van der Waals surface area contributed by atoms with Crippen molar-refractivity contribution in [2.24, 2.45) is 4.99 Å². The molecule has 0 bridgehead atoms. The van der Waals surface area contributed by atoms with Gasteiger partial charge in [0.25, 0.3) is 5.56 Å². The first-order valence-electron chi connectivity index (χ1n) is 12.2. The Morgan fingerprint density at radius 1 is 1.08 bits per heavy atom. The van der Waals surface area contributed by atoms with Crippen molar-refractivity contribution in [3.05, 3.63) is 84.5 Å². The van der Waals surface area contributed by atoms with Gasteiger partial charge in [0.15, 0.2) is 22.9 Å². The summed E-state index contributed by atoms with van der Waals surface area (Å²) in [5.41, 5.74) is 1.76. The van der Waals surface area contributed by atoms with E-state index in [4.69, 9.17) is 24.1 Å². The van der Waals surface area contributed by atoms with Gasteiger partial charge in [-0.2, -0.15) is 0 Å². The Kier molecular flexibility index (Phi) is 8.50. The number of aromatic nitrogens is 1. The van der Waals surface area contributed by atoms with Crippen LogP contribution >= 0.6 is 11.3 Å². The van der Waals surface area contributed by atoms with Crippen LogP contribution < -0.4 is 29.1 Å². The summed E-state index contributed by atoms with van der Waals surface area (Å²) in [6.45, 7) is 5.42. The van der Waals surface area contributed by atoms with Gasteiger partial charge in [-0.05, 0) is 62.2 Å². The number of aliphatic carboxylic acids is 1. The molecular weight excluding hydrogens is 524 g/mol. The second-order valence-electron chi connectivity index (χ2n) is 8.40. The molecule has 39 heavy (non-hydrogen) atoms. The van der Waals surface area contributed by atoms with Crippen LogP contribution in [0.4, 0.5) is 0 Å². The Labute approximate surface area is 228 Å². The van der Waals surface area contributed by atoms with E-state index in [2.05, 4.69) is 4.99 Å². The lowest BCUT2D eigenvalue weighted by Crippen LogP contribution is -2.40. The maximum atomic E-state index is 13.8. The predicted molar refractivity (Wildman–Crippen MR) is 144 cm³/mol. The Balaban J connectivity index is 1.85. The van der Waals surface area contributed by atoms with Gasteiger partial charge in [0.1, 0.15) is 5.75 Å². The molecule has 1 atom stereocenters. The number of thiazole rings is 1. The summed E-state index contributed by atoms with van der Waals surface area (Å²) in [5.74, 6) is -0.207. The lowest BCUT2D eigenvalue weighted by molar-refractivity contribution is -0.140. The van der Waals surface area contributed by atoms with E-state index >= 15 is 0 Å². The maximum absolute atomic E-state index is 13.8. The molecule has 2 aromatic carbocycles. The average molecular weight is 553 g/mol. The lowest BCUT2D eigenvalue weighted by atomic mass is 9.95. The second-order valence-corrected chi connectivity index (χ2v) is 9.41. The molecule has 0 spiro atoms. The van der Waals surface area contributed by atoms with Gasteiger partial charge in [-0.1, -0.05) is 29.5 Å². The van der Waals surface area contributed by atoms with Gasteiger partial charge in [-0.25, -0.2) is 14.6 Å². The number of hydrogen-bond acceptors (Lipinski definition) is 9. The molecule has 0 fully saturated rings. The van der Waals surface area contributed by atoms with Gasteiger partial charge >= 0.3 is 11.9 Å². The number of carboxylic acid groups (broad SMARTS) is 1. The van der Waals surface area contributed by atoms with Gasteiger partial charge in [0.2, 0.25) is 0 Å². The number of allylic oxidation sites excluding steroid dienone is 1. The van der Waals surface area contributed by atoms with E-state index in [0.29, 0.717) is 50.0 Å². The first-order chi connectivity index (χ1) is 18.8. The highest BCUT2D eigenvalue weighted by Crippen LogP contribution is 2.36. The minimum atomic E-state index is -1.07. The van der Waals surface area contributed by atoms with Crippen molar-refractivity contribution >= 4 is 29.4 Å². The Morgan fingerprint density at radius 2 is 1.82 bits per heavy atom. The molecule has 2 heterocycles. The van der Waals surface area contributed by atoms with Crippen molar-refractivity contribution in [3.63, 3.8) is 0 Å². The molecule has 1 N–H and O–H groups in total. The van der Waals surface area contributed by atoms with Crippen molar-refractivity contribution < 1.29 is 33.6 Å². The standard InChI is InChI=1S/C28H28N2O8S/c1-5-36-21-14-18(9-12-20(21)35-4)25-24(27(34)37-6-2)16(3)29-28-30(25)26(33)22(39-28)13-17-7-10-19(11-8-17)38-15-23(31)32/h7-14,25H,5-6,15H2,1-4H3,(H,31,32)/b22-13+/t25-/m0/s1. The molecule has 1 aliphatic heterocycles. The number of fused-ring (bicyclic) bond motifs is 1. The lowest BCUT2D eigenvalue weighted by Gasteiger charge is -2.25. The number of benzene rings is 2. The maximum Gasteiger partial charge on any atom is 0.341 e. The van der Waals surface area contributed by atoms with E-state index < -0.39 is 24.6 Å². The van der Waals surface area contributed by atoms with Crippen LogP contribution in [0.25, 0.3) is 6.08 Å². The first-order valence-corrected chi connectivity index (χ1v) is 13.0. The van der Waals surface area contributed by atoms with Gasteiger partial charge in [0.05, 0.1) is 42.2 Å². The van der Waals surface area contributed by atoms with E-state index in [9.17, 15) is 14.4 Å². The molecule has 0 aliphatic carbocycles. The van der Waals surface area contributed by atoms with Gasteiger partial charge in [0, 0.05) is 0 Å². The topological polar surface area (TPSA) is 126 Å². The molecule has 0 unspecified atom stereocenters. The molecule has 0 saturated heterocycles. The van der Waals surface area contributed by atoms with Crippen LogP contribution in [0, 0.1) is 0 Å². The first kappa shape index (κ1) is 27.6. The summed E-state index contributed by atoms with van der Waals surface area (Å²) in [6, 6.07) is 11.2. The highest BCUT2D eigenvalue weighted by Gasteiger charge is 2.34. The predicted octanol–water partition coefficient (Wildman–Crippen LogP) is 2.67. The largest absolute Gasteiger partial charge is 0.493 e. The number of methoxy groups -OCH3 is 1. The number of carboxylic acids is 1. The van der Waals surface area contributed by atoms with Gasteiger partial charge < -0.3 is 24.1 Å². The number of carbonyl (C=O) groups is 2. The molecule has 10 nitrogen and oxygen atoms in total. The number of carbonyl (C=O) groups excluding carboxylic acids is 1. The van der Waals surface area contributed by atoms with E-state index in [1.807, 2.05) is 6.92 Å². The fourth-order valence-electron chi connectivity index (χ4n) is 4.20. The third kappa shape index (κ3) is 5.88. The van der Waals surface area contributed by atoms with E-state index in [1.165, 1.54) is 15.9 Å². The second kappa shape index (κ2) is 12.0. The number of nitrogens with zero attached hydrogens (tertiary/aromatic N) is 2. The third-order valence-corrected chi connectivity index (χ3v) is 6.84. The number of rotatable bonds is 10. The van der Waals surface area contributed by atoms with Crippen LogP contribution in [-0.4, -0.2) is 48.5 Å². The van der Waals surface area contributed by atoms with Crippen molar-refractivity contribution in [1.82, 2.24) is 4.57 Å². The summed E-state index contributed by atoms with van der Waals surface area (Å²) in [4.78, 5) is 42.6. The monoisotopic (exact) mass is 552 g/mol. The minimum Gasteiger partial charge on any atom is -0.493 e. The molecule has 4 rings (SSSR count). The smallest absolute Gasteiger partial charge is 0.341 e. The SMILES string of the molecule is CCOC(=O)C1=C(C)N=c2s/c(=C/c3ccc(OCC(=O)O)cc3)c(=O)n2[C@H]1c1ccc(OC)c(OCC)c1. The quantitative estimate of drug-likeness (QED) is 0.381. The number of ether oxygens (including phenoxy) is 4. The molecule has 0 radical (unpaired) electrons. The van der Waals surface area contributed by atoms with Crippen molar-refractivity contribution in [2.45, 2.75) is 26.8 Å². The summed E-state index contributed by atoms with van der Waals surface area (Å²) in [6.07, 6.45) is 1.71. The van der Waals surface area contributed by atoms with Crippen LogP contribution in [0.15, 0.2) is 63.5 Å². The molecule has 204 valence electrons. The Morgan fingerprint density at radius 3 is 2.46 bits per heavy atom. The van der Waals surface area contributed by atoms with E-state index in [0.717, 1.165) is 0 Å². The fourth-order valence-corrected chi connectivity index (χ4v) is 5.24. The zero-order valence-electron chi connectivity index (χ0n) is 21.9. The average Bonchev–Trinajstić information content (AvgIpc) is 3.21. The highest BCUT2D eigenvalue weighted by atomic mass is 32.1. The molecule has 0 saturated carbocycles. The van der Waals surface area contributed by atoms with Gasteiger partial charge in [-0.15, -0.1) is 0 Å². The highest BCUT2D eigenvalue weighted by molar-refractivity contribution is 7.07. The molecule has 11 heteroatoms. The van der Waals surface area contributed by atoms with Crippen molar-refractivity contribution in [3.8, 4) is 17.2 Å². The van der Waals surface area contributed by atoms with Crippen LogP contribution in [0.2, 0.25) is 0 Å². The van der Waals surface area contributed by atoms with Crippen molar-refractivity contribution in [2.75, 3.05) is 26.9 Å². The number of hydrogen-bond donors (Lipinski definition) is 1. The van der Waals surface area contributed by atoms with Gasteiger partial charge in [-0.3, -0.25) is 9.36 Å². The van der Waals surface area contributed by atoms with E-state index in [1.54, 1.807) is 69.5 Å². The Bertz CT molecular complexity index is 1600. The zero-order chi connectivity index (χ0) is 28.1. The van der Waals surface area contributed by atoms with Crippen LogP contribution in [0.1, 0.15) is 37.9 Å². The fraction of sp³-hybridized carbons (Fsp3) is 0.286. The van der Waals surface area contributed by atoms with E-state index in [-0.39, 0.29) is 17.7 Å². The molecular formula is C28H28N2O8S. The summed E-state index contributed by atoms with van der Waals surface area (Å²) in [5, 5.41) is 8.79. The van der Waals surface area contributed by atoms with Crippen LogP contribution in [-0.2, 0) is 14.3 Å². The summed E-state index contributed by atoms with van der Waals surface area (Å²) in [7, 11) is 1.54. The normalized spacial score (nSPS) is 14.9. The van der Waals surface area contributed by atoms with Crippen molar-refractivity contribution in [1.29, 1.82) is 0 Å². The molecule has 1 aromatic heterocycles. The summed E-state index contributed by atoms with van der Waals surface area (Å²) < 4.78 is 23.6.